The van der Waals surface area contributed by atoms with Crippen LogP contribution in [0.5, 0.6) is 0 Å². The largest absolute Gasteiger partial charge is 0.395 e. The number of aromatic nitrogens is 3. The minimum Gasteiger partial charge on any atom is -0.395 e. The number of pyridine rings is 1. The highest BCUT2D eigenvalue weighted by atomic mass is 16.5. The third-order valence-electron chi connectivity index (χ3n) is 4.00. The molecule has 0 amide bonds. The molecule has 0 saturated carbocycles. The molecule has 0 aliphatic rings. The van der Waals surface area contributed by atoms with Crippen molar-refractivity contribution in [2.45, 2.75) is 19.3 Å². The molecule has 0 spiro atoms. The lowest BCUT2D eigenvalue weighted by Crippen LogP contribution is -2.21. The first-order valence-electron chi connectivity index (χ1n) is 8.41. The number of hydrogen-bond acceptors (Lipinski definition) is 6. The second-order valence-corrected chi connectivity index (χ2v) is 5.91. The number of aliphatic hydroxyl groups is 1. The molecule has 6 heteroatoms. The fourth-order valence-electron chi connectivity index (χ4n) is 2.57. The van der Waals surface area contributed by atoms with Gasteiger partial charge in [-0.25, -0.2) is 4.98 Å². The van der Waals surface area contributed by atoms with E-state index in [-0.39, 0.29) is 6.61 Å². The summed E-state index contributed by atoms with van der Waals surface area (Å²) >= 11 is 0. The Balaban J connectivity index is 1.57. The Morgan fingerprint density at radius 2 is 1.92 bits per heavy atom. The SMILES string of the molecule is CN(CCO)c1ccc(-c2nc(CCCc3ccccc3)no2)cn1. The molecule has 3 aromatic rings. The van der Waals surface area contributed by atoms with Gasteiger partial charge in [0.2, 0.25) is 0 Å². The van der Waals surface area contributed by atoms with Gasteiger partial charge in [0.15, 0.2) is 5.82 Å². The fraction of sp³-hybridized carbons (Fsp3) is 0.316. The molecule has 0 saturated heterocycles. The molecule has 0 radical (unpaired) electrons. The monoisotopic (exact) mass is 338 g/mol. The van der Waals surface area contributed by atoms with Crippen molar-refractivity contribution in [2.75, 3.05) is 25.1 Å². The number of likely N-dealkylation sites (N-methyl/N-ethyl adjacent to an activating group) is 1. The summed E-state index contributed by atoms with van der Waals surface area (Å²) < 4.78 is 5.35. The molecule has 0 bridgehead atoms. The molecule has 3 rings (SSSR count). The standard InChI is InChI=1S/C19H22N4O2/c1-23(12-13-24)18-11-10-16(14-20-18)19-21-17(22-25-19)9-5-8-15-6-3-2-4-7-15/h2-4,6-7,10-11,14,24H,5,8-9,12-13H2,1H3. The van der Waals surface area contributed by atoms with Crippen LogP contribution in [0, 0.1) is 0 Å². The van der Waals surface area contributed by atoms with Gasteiger partial charge in [-0.05, 0) is 30.5 Å². The summed E-state index contributed by atoms with van der Waals surface area (Å²) in [5.74, 6) is 1.99. The Hall–Kier alpha value is -2.73. The fourth-order valence-corrected chi connectivity index (χ4v) is 2.57. The third-order valence-corrected chi connectivity index (χ3v) is 4.00. The lowest BCUT2D eigenvalue weighted by atomic mass is 10.1. The number of hydrogen-bond donors (Lipinski definition) is 1. The van der Waals surface area contributed by atoms with E-state index in [0.29, 0.717) is 18.3 Å². The molecule has 0 fully saturated rings. The maximum atomic E-state index is 8.97. The number of aliphatic hydroxyl groups excluding tert-OH is 1. The van der Waals surface area contributed by atoms with Crippen molar-refractivity contribution in [3.63, 3.8) is 0 Å². The summed E-state index contributed by atoms with van der Waals surface area (Å²) in [4.78, 5) is 10.7. The molecule has 0 aliphatic heterocycles. The molecule has 6 nitrogen and oxygen atoms in total. The van der Waals surface area contributed by atoms with Crippen molar-refractivity contribution in [2.24, 2.45) is 0 Å². The highest BCUT2D eigenvalue weighted by Crippen LogP contribution is 2.19. The van der Waals surface area contributed by atoms with Crippen molar-refractivity contribution in [3.05, 3.63) is 60.0 Å². The van der Waals surface area contributed by atoms with Crippen LogP contribution in [0.1, 0.15) is 17.8 Å². The predicted octanol–water partition coefficient (Wildman–Crippen LogP) is 2.74. The van der Waals surface area contributed by atoms with Gasteiger partial charge in [0.25, 0.3) is 5.89 Å². The normalized spacial score (nSPS) is 10.8. The van der Waals surface area contributed by atoms with Crippen LogP contribution in [0.4, 0.5) is 5.82 Å². The molecular weight excluding hydrogens is 316 g/mol. The number of rotatable bonds is 8. The Labute approximate surface area is 147 Å². The van der Waals surface area contributed by atoms with Crippen LogP contribution in [0.3, 0.4) is 0 Å². The van der Waals surface area contributed by atoms with Crippen molar-refractivity contribution in [1.82, 2.24) is 15.1 Å². The summed E-state index contributed by atoms with van der Waals surface area (Å²) in [5, 5.41) is 13.0. The Bertz CT molecular complexity index is 772. The quantitative estimate of drug-likeness (QED) is 0.681. The van der Waals surface area contributed by atoms with E-state index in [9.17, 15) is 0 Å². The zero-order chi connectivity index (χ0) is 17.5. The van der Waals surface area contributed by atoms with Crippen LogP contribution in [-0.4, -0.2) is 40.4 Å². The first kappa shape index (κ1) is 17.1. The molecule has 25 heavy (non-hydrogen) atoms. The number of aryl methyl sites for hydroxylation is 2. The third kappa shape index (κ3) is 4.64. The first-order chi connectivity index (χ1) is 12.3. The van der Waals surface area contributed by atoms with Crippen LogP contribution in [0.2, 0.25) is 0 Å². The number of anilines is 1. The molecule has 1 N–H and O–H groups in total. The van der Waals surface area contributed by atoms with Gasteiger partial charge in [0.1, 0.15) is 5.82 Å². The van der Waals surface area contributed by atoms with E-state index >= 15 is 0 Å². The topological polar surface area (TPSA) is 75.3 Å². The summed E-state index contributed by atoms with van der Waals surface area (Å²) in [6.45, 7) is 0.633. The minimum atomic E-state index is 0.0932. The minimum absolute atomic E-state index is 0.0932. The van der Waals surface area contributed by atoms with Gasteiger partial charge in [-0.3, -0.25) is 0 Å². The van der Waals surface area contributed by atoms with E-state index in [1.807, 2.05) is 30.1 Å². The Kier molecular flexibility index (Phi) is 5.74. The molecule has 0 unspecified atom stereocenters. The molecule has 2 heterocycles. The van der Waals surface area contributed by atoms with Gasteiger partial charge < -0.3 is 14.5 Å². The van der Waals surface area contributed by atoms with Crippen molar-refractivity contribution in [3.8, 4) is 11.5 Å². The molecule has 0 aliphatic carbocycles. The number of nitrogens with zero attached hydrogens (tertiary/aromatic N) is 4. The average Bonchev–Trinajstić information content (AvgIpc) is 3.12. The van der Waals surface area contributed by atoms with Crippen LogP contribution in [-0.2, 0) is 12.8 Å². The van der Waals surface area contributed by atoms with Crippen LogP contribution >= 0.6 is 0 Å². The summed E-state index contributed by atoms with van der Waals surface area (Å²) in [6.07, 6.45) is 4.47. The Morgan fingerprint density at radius 3 is 2.64 bits per heavy atom. The molecule has 0 atom stereocenters. The first-order valence-corrected chi connectivity index (χ1v) is 8.41. The van der Waals surface area contributed by atoms with E-state index in [1.165, 1.54) is 5.56 Å². The molecule has 130 valence electrons. The second-order valence-electron chi connectivity index (χ2n) is 5.91. The van der Waals surface area contributed by atoms with Crippen LogP contribution in [0.15, 0.2) is 53.2 Å². The van der Waals surface area contributed by atoms with Gasteiger partial charge in [-0.15, -0.1) is 0 Å². The van der Waals surface area contributed by atoms with E-state index in [1.54, 1.807) is 6.20 Å². The lowest BCUT2D eigenvalue weighted by Gasteiger charge is -2.16. The van der Waals surface area contributed by atoms with Gasteiger partial charge >= 0.3 is 0 Å². The average molecular weight is 338 g/mol. The summed E-state index contributed by atoms with van der Waals surface area (Å²) in [6, 6.07) is 14.2. The highest BCUT2D eigenvalue weighted by molar-refractivity contribution is 5.54. The smallest absolute Gasteiger partial charge is 0.259 e. The zero-order valence-corrected chi connectivity index (χ0v) is 14.3. The predicted molar refractivity (Wildman–Crippen MR) is 96.4 cm³/mol. The van der Waals surface area contributed by atoms with E-state index in [2.05, 4.69) is 39.4 Å². The highest BCUT2D eigenvalue weighted by Gasteiger charge is 2.10. The molecular formula is C19H22N4O2. The van der Waals surface area contributed by atoms with Crippen molar-refractivity contribution >= 4 is 5.82 Å². The van der Waals surface area contributed by atoms with E-state index in [4.69, 9.17) is 9.63 Å². The maximum absolute atomic E-state index is 8.97. The van der Waals surface area contributed by atoms with Crippen LogP contribution in [0.25, 0.3) is 11.5 Å². The van der Waals surface area contributed by atoms with Gasteiger partial charge in [0, 0.05) is 26.2 Å². The molecule has 1 aromatic carbocycles. The summed E-state index contributed by atoms with van der Waals surface area (Å²) in [5.41, 5.74) is 2.11. The lowest BCUT2D eigenvalue weighted by molar-refractivity contribution is 0.304. The number of benzene rings is 1. The van der Waals surface area contributed by atoms with Gasteiger partial charge in [-0.2, -0.15) is 4.98 Å². The summed E-state index contributed by atoms with van der Waals surface area (Å²) in [7, 11) is 1.88. The van der Waals surface area contributed by atoms with Gasteiger partial charge in [0.05, 0.1) is 12.2 Å². The Morgan fingerprint density at radius 1 is 1.08 bits per heavy atom. The van der Waals surface area contributed by atoms with Crippen LogP contribution < -0.4 is 4.90 Å². The van der Waals surface area contributed by atoms with Gasteiger partial charge in [-0.1, -0.05) is 35.5 Å². The molecule has 2 aromatic heterocycles. The van der Waals surface area contributed by atoms with E-state index < -0.39 is 0 Å². The van der Waals surface area contributed by atoms with Crippen molar-refractivity contribution in [1.29, 1.82) is 0 Å². The van der Waals surface area contributed by atoms with E-state index in [0.717, 1.165) is 30.6 Å². The second kappa shape index (κ2) is 8.39. The maximum Gasteiger partial charge on any atom is 0.259 e. The zero-order valence-electron chi connectivity index (χ0n) is 14.3. The van der Waals surface area contributed by atoms with Crippen molar-refractivity contribution < 1.29 is 9.63 Å².